The van der Waals surface area contributed by atoms with E-state index in [0.717, 1.165) is 11.1 Å². The van der Waals surface area contributed by atoms with Crippen LogP contribution in [0.5, 0.6) is 0 Å². The Kier molecular flexibility index (Phi) is 9.32. The summed E-state index contributed by atoms with van der Waals surface area (Å²) in [5, 5.41) is 22.6. The Balaban J connectivity index is 1.43. The van der Waals surface area contributed by atoms with Gasteiger partial charge in [0.1, 0.15) is 12.1 Å². The van der Waals surface area contributed by atoms with Gasteiger partial charge in [-0.1, -0.05) is 60.7 Å². The molecular weight excluding hydrogens is 500 g/mol. The molecule has 0 aliphatic carbocycles. The molecule has 2 saturated heterocycles. The van der Waals surface area contributed by atoms with Gasteiger partial charge in [0.25, 0.3) is 0 Å². The summed E-state index contributed by atoms with van der Waals surface area (Å²) in [6.07, 6.45) is 0.625. The largest absolute Gasteiger partial charge is 0.481 e. The van der Waals surface area contributed by atoms with E-state index in [-0.39, 0.29) is 19.4 Å². The predicted molar refractivity (Wildman–Crippen MR) is 143 cm³/mol. The van der Waals surface area contributed by atoms with E-state index in [4.69, 9.17) is 5.73 Å². The minimum atomic E-state index is -1.03. The Morgan fingerprint density at radius 2 is 1.54 bits per heavy atom. The molecule has 0 bridgehead atoms. The number of carboxylic acid groups (broad SMARTS) is 1. The van der Waals surface area contributed by atoms with Crippen molar-refractivity contribution >= 4 is 23.7 Å². The second kappa shape index (κ2) is 12.9. The highest BCUT2D eigenvalue weighted by Crippen LogP contribution is 2.26. The minimum absolute atomic E-state index is 0.000193. The first kappa shape index (κ1) is 28.3. The average Bonchev–Trinajstić information content (AvgIpc) is 3.56. The first-order valence-electron chi connectivity index (χ1n) is 13.4. The standard InChI is InChI=1S/C29H36N4O6/c30-23(15-20-10-5-2-6-11-20)28(38)33-18-22(34)17-25(33)29(39)32-13-7-12-24(32)27(37)31-21(16-26(35)36)14-19-8-3-1-4-9-19/h1-6,8-11,21-25,34H,7,12-18,30H2,(H,31,37)(H,35,36). The van der Waals surface area contributed by atoms with E-state index in [1.165, 1.54) is 9.80 Å². The van der Waals surface area contributed by atoms with E-state index < -0.39 is 54.0 Å². The van der Waals surface area contributed by atoms with E-state index >= 15 is 0 Å². The predicted octanol–water partition coefficient (Wildman–Crippen LogP) is 0.711. The van der Waals surface area contributed by atoms with Crippen LogP contribution in [-0.2, 0) is 32.0 Å². The van der Waals surface area contributed by atoms with Crippen LogP contribution in [0.2, 0.25) is 0 Å². The Morgan fingerprint density at radius 3 is 2.15 bits per heavy atom. The van der Waals surface area contributed by atoms with Crippen molar-refractivity contribution in [2.24, 2.45) is 5.73 Å². The fourth-order valence-electron chi connectivity index (χ4n) is 5.54. The number of aliphatic carboxylic acids is 1. The lowest BCUT2D eigenvalue weighted by Gasteiger charge is -2.32. The number of nitrogens with zero attached hydrogens (tertiary/aromatic N) is 2. The number of carbonyl (C=O) groups is 4. The molecule has 0 saturated carbocycles. The van der Waals surface area contributed by atoms with E-state index in [1.54, 1.807) is 0 Å². The maximum Gasteiger partial charge on any atom is 0.305 e. The van der Waals surface area contributed by atoms with Gasteiger partial charge in [-0.2, -0.15) is 0 Å². The summed E-state index contributed by atoms with van der Waals surface area (Å²) in [7, 11) is 0. The van der Waals surface area contributed by atoms with Crippen LogP contribution in [0, 0.1) is 0 Å². The number of carboxylic acids is 1. The number of hydrogen-bond acceptors (Lipinski definition) is 6. The lowest BCUT2D eigenvalue weighted by molar-refractivity contribution is -0.147. The molecule has 208 valence electrons. The van der Waals surface area contributed by atoms with Gasteiger partial charge in [-0.05, 0) is 36.8 Å². The molecule has 2 aliphatic rings. The molecule has 5 unspecified atom stereocenters. The second-order valence-electron chi connectivity index (χ2n) is 10.4. The Labute approximate surface area is 227 Å². The first-order valence-corrected chi connectivity index (χ1v) is 13.4. The van der Waals surface area contributed by atoms with Crippen molar-refractivity contribution in [3.05, 3.63) is 71.8 Å². The highest BCUT2D eigenvalue weighted by Gasteiger charge is 2.45. The molecule has 2 aromatic rings. The Bertz CT molecular complexity index is 1160. The summed E-state index contributed by atoms with van der Waals surface area (Å²) >= 11 is 0. The SMILES string of the molecule is NC(Cc1ccccc1)C(=O)N1CC(O)CC1C(=O)N1CCCC1C(=O)NC(CC(=O)O)Cc1ccccc1. The van der Waals surface area contributed by atoms with Crippen molar-refractivity contribution in [3.8, 4) is 0 Å². The van der Waals surface area contributed by atoms with Crippen molar-refractivity contribution < 1.29 is 29.4 Å². The average molecular weight is 537 g/mol. The zero-order chi connectivity index (χ0) is 27.9. The van der Waals surface area contributed by atoms with E-state index in [0.29, 0.717) is 32.2 Å². The molecule has 39 heavy (non-hydrogen) atoms. The number of aliphatic hydroxyl groups excluding tert-OH is 1. The van der Waals surface area contributed by atoms with Crippen LogP contribution in [-0.4, -0.2) is 87.1 Å². The van der Waals surface area contributed by atoms with Crippen molar-refractivity contribution in [1.82, 2.24) is 15.1 Å². The molecule has 5 N–H and O–H groups in total. The van der Waals surface area contributed by atoms with Crippen molar-refractivity contribution in [3.63, 3.8) is 0 Å². The number of hydrogen-bond donors (Lipinski definition) is 4. The van der Waals surface area contributed by atoms with Gasteiger partial charge < -0.3 is 31.1 Å². The van der Waals surface area contributed by atoms with E-state index in [2.05, 4.69) is 5.32 Å². The number of β-amino-alcohol motifs (C(OH)–C–C–N with tert-alkyl or cyclic N) is 1. The van der Waals surface area contributed by atoms with Crippen LogP contribution in [0.4, 0.5) is 0 Å². The van der Waals surface area contributed by atoms with Crippen LogP contribution in [0.3, 0.4) is 0 Å². The van der Waals surface area contributed by atoms with Gasteiger partial charge >= 0.3 is 5.97 Å². The van der Waals surface area contributed by atoms with E-state index in [1.807, 2.05) is 60.7 Å². The summed E-state index contributed by atoms with van der Waals surface area (Å²) < 4.78 is 0. The number of benzene rings is 2. The molecule has 10 nitrogen and oxygen atoms in total. The third-order valence-electron chi connectivity index (χ3n) is 7.39. The van der Waals surface area contributed by atoms with Crippen molar-refractivity contribution in [2.75, 3.05) is 13.1 Å². The van der Waals surface area contributed by atoms with Crippen LogP contribution in [0.25, 0.3) is 0 Å². The lowest BCUT2D eigenvalue weighted by atomic mass is 10.0. The van der Waals surface area contributed by atoms with Crippen LogP contribution < -0.4 is 11.1 Å². The smallest absolute Gasteiger partial charge is 0.305 e. The third-order valence-corrected chi connectivity index (χ3v) is 7.39. The molecule has 10 heteroatoms. The number of nitrogens with one attached hydrogen (secondary N) is 1. The number of aliphatic hydroxyl groups is 1. The fourth-order valence-corrected chi connectivity index (χ4v) is 5.54. The molecule has 0 radical (unpaired) electrons. The van der Waals surface area contributed by atoms with Crippen molar-refractivity contribution in [1.29, 1.82) is 0 Å². The van der Waals surface area contributed by atoms with Crippen molar-refractivity contribution in [2.45, 2.75) is 68.8 Å². The first-order chi connectivity index (χ1) is 18.7. The molecule has 2 fully saturated rings. The molecule has 2 aromatic carbocycles. The molecule has 2 heterocycles. The van der Waals surface area contributed by atoms with Gasteiger partial charge in [0.05, 0.1) is 18.6 Å². The van der Waals surface area contributed by atoms with Gasteiger partial charge in [-0.3, -0.25) is 19.2 Å². The number of likely N-dealkylation sites (tertiary alicyclic amines) is 2. The molecular formula is C29H36N4O6. The molecule has 5 atom stereocenters. The fraction of sp³-hybridized carbons (Fsp3) is 0.448. The monoisotopic (exact) mass is 536 g/mol. The molecule has 4 rings (SSSR count). The summed E-state index contributed by atoms with van der Waals surface area (Å²) in [5.41, 5.74) is 8.00. The third kappa shape index (κ3) is 7.21. The molecule has 0 spiro atoms. The van der Waals surface area contributed by atoms with Gasteiger partial charge in [-0.25, -0.2) is 0 Å². The second-order valence-corrected chi connectivity index (χ2v) is 10.4. The summed E-state index contributed by atoms with van der Waals surface area (Å²) in [4.78, 5) is 54.5. The van der Waals surface area contributed by atoms with Crippen LogP contribution in [0.1, 0.15) is 36.8 Å². The number of rotatable bonds is 10. The number of nitrogens with two attached hydrogens (primary N) is 1. The lowest BCUT2D eigenvalue weighted by Crippen LogP contribution is -2.56. The van der Waals surface area contributed by atoms with Gasteiger partial charge in [0.15, 0.2) is 0 Å². The maximum absolute atomic E-state index is 13.7. The minimum Gasteiger partial charge on any atom is -0.481 e. The van der Waals surface area contributed by atoms with Crippen LogP contribution >= 0.6 is 0 Å². The zero-order valence-corrected chi connectivity index (χ0v) is 21.8. The normalized spacial score (nSPS) is 22.4. The summed E-state index contributed by atoms with van der Waals surface area (Å²) in [6.45, 7) is 0.337. The van der Waals surface area contributed by atoms with Gasteiger partial charge in [-0.15, -0.1) is 0 Å². The van der Waals surface area contributed by atoms with Gasteiger partial charge in [0.2, 0.25) is 17.7 Å². The summed E-state index contributed by atoms with van der Waals surface area (Å²) in [6, 6.07) is 15.4. The maximum atomic E-state index is 13.7. The Morgan fingerprint density at radius 1 is 0.923 bits per heavy atom. The highest BCUT2D eigenvalue weighted by atomic mass is 16.4. The number of carbonyl (C=O) groups excluding carboxylic acids is 3. The topological polar surface area (TPSA) is 153 Å². The summed E-state index contributed by atoms with van der Waals surface area (Å²) in [5.74, 6) is -2.27. The Hall–Kier alpha value is -3.76. The molecule has 2 aliphatic heterocycles. The highest BCUT2D eigenvalue weighted by molar-refractivity contribution is 5.94. The van der Waals surface area contributed by atoms with Crippen LogP contribution in [0.15, 0.2) is 60.7 Å². The quantitative estimate of drug-likeness (QED) is 0.349. The zero-order valence-electron chi connectivity index (χ0n) is 21.8. The van der Waals surface area contributed by atoms with Gasteiger partial charge in [0, 0.05) is 25.6 Å². The van der Waals surface area contributed by atoms with E-state index in [9.17, 15) is 29.4 Å². The molecule has 0 aromatic heterocycles. The number of amides is 3. The molecule has 3 amide bonds.